The fraction of sp³-hybridized carbons (Fsp3) is 1.00. The molecular weight excluding hydrogens is 184 g/mol. The Kier molecular flexibility index (Phi) is 6.41. The van der Waals surface area contributed by atoms with E-state index in [1.54, 1.807) is 6.04 Å². The van der Waals surface area contributed by atoms with Gasteiger partial charge in [-0.2, -0.15) is 0 Å². The predicted octanol–water partition coefficient (Wildman–Crippen LogP) is 0.0551. The van der Waals surface area contributed by atoms with Crippen LogP contribution in [0, 0.1) is 0 Å². The Balaban J connectivity index is 2.02. The van der Waals surface area contributed by atoms with Gasteiger partial charge in [0.05, 0.1) is 0 Å². The normalized spacial score (nSPS) is 30.5. The van der Waals surface area contributed by atoms with Crippen molar-refractivity contribution in [3.63, 3.8) is 0 Å². The topological polar surface area (TPSA) is 9.23 Å². The Bertz CT molecular complexity index is 51.7. The fourth-order valence-electron chi connectivity index (χ4n) is 1.57. The third kappa shape index (κ3) is 5.84. The number of hydrogen-bond donors (Lipinski definition) is 0. The molecule has 66 valence electrons. The van der Waals surface area contributed by atoms with E-state index in [0.29, 0.717) is 9.04 Å². The molecule has 0 aliphatic carbocycles. The van der Waals surface area contributed by atoms with E-state index in [1.165, 1.54) is 38.1 Å². The Morgan fingerprint density at radius 3 is 2.45 bits per heavy atom. The van der Waals surface area contributed by atoms with Crippen LogP contribution >= 0.6 is 0 Å². The Labute approximate surface area is 76.8 Å². The zero-order valence-electron chi connectivity index (χ0n) is 7.48. The highest BCUT2D eigenvalue weighted by Crippen LogP contribution is 2.08. The summed E-state index contributed by atoms with van der Waals surface area (Å²) >= 11 is 0. The van der Waals surface area contributed by atoms with Gasteiger partial charge in [0, 0.05) is 9.04 Å². The monoisotopic (exact) mass is 204 g/mol. The molecule has 0 bridgehead atoms. The molecule has 0 atom stereocenters. The molecule has 1 heterocycles. The van der Waals surface area contributed by atoms with Crippen LogP contribution in [0.3, 0.4) is 0 Å². The first-order chi connectivity index (χ1) is 5.50. The lowest BCUT2D eigenvalue weighted by Gasteiger charge is -1.99. The summed E-state index contributed by atoms with van der Waals surface area (Å²) in [4.78, 5) is 0. The molecule has 11 heavy (non-hydrogen) atoms. The minimum Gasteiger partial charge on any atom is -0.468 e. The van der Waals surface area contributed by atoms with Crippen LogP contribution in [0.4, 0.5) is 0 Å². The SMILES string of the molecule is C1CCC[SiH2]O[SiH2][SiH2]CCC1. The van der Waals surface area contributed by atoms with E-state index in [-0.39, 0.29) is 19.0 Å². The van der Waals surface area contributed by atoms with Gasteiger partial charge in [-0.3, -0.25) is 0 Å². The van der Waals surface area contributed by atoms with Gasteiger partial charge in [0.25, 0.3) is 0 Å². The zero-order chi connectivity index (χ0) is 7.78. The lowest BCUT2D eigenvalue weighted by Crippen LogP contribution is -2.10. The van der Waals surface area contributed by atoms with E-state index in [2.05, 4.69) is 0 Å². The average molecular weight is 204 g/mol. The molecule has 1 rings (SSSR count). The van der Waals surface area contributed by atoms with Crippen LogP contribution in [0.5, 0.6) is 0 Å². The smallest absolute Gasteiger partial charge is 0.145 e. The van der Waals surface area contributed by atoms with Crippen molar-refractivity contribution in [1.29, 1.82) is 0 Å². The van der Waals surface area contributed by atoms with Gasteiger partial charge < -0.3 is 4.12 Å². The summed E-state index contributed by atoms with van der Waals surface area (Å²) in [5.74, 6) is 0. The van der Waals surface area contributed by atoms with Crippen LogP contribution in [0.15, 0.2) is 0 Å². The van der Waals surface area contributed by atoms with Gasteiger partial charge in [0.2, 0.25) is 0 Å². The molecule has 0 aromatic heterocycles. The van der Waals surface area contributed by atoms with Gasteiger partial charge in [0.15, 0.2) is 0 Å². The van der Waals surface area contributed by atoms with E-state index < -0.39 is 0 Å². The molecule has 0 N–H and O–H groups in total. The van der Waals surface area contributed by atoms with Crippen molar-refractivity contribution >= 4 is 28.1 Å². The lowest BCUT2D eigenvalue weighted by molar-refractivity contribution is 0.626. The van der Waals surface area contributed by atoms with E-state index in [4.69, 9.17) is 4.12 Å². The van der Waals surface area contributed by atoms with E-state index in [9.17, 15) is 0 Å². The molecule has 0 amide bonds. The zero-order valence-corrected chi connectivity index (χ0v) is 11.7. The van der Waals surface area contributed by atoms with E-state index in [1.807, 2.05) is 0 Å². The highest BCUT2D eigenvalue weighted by Gasteiger charge is 1.97. The lowest BCUT2D eigenvalue weighted by atomic mass is 10.2. The molecule has 1 fully saturated rings. The maximum Gasteiger partial charge on any atom is 0.145 e. The second kappa shape index (κ2) is 7.27. The molecule has 4 heteroatoms. The van der Waals surface area contributed by atoms with Crippen molar-refractivity contribution in [2.75, 3.05) is 0 Å². The summed E-state index contributed by atoms with van der Waals surface area (Å²) in [6.45, 7) is 0. The quantitative estimate of drug-likeness (QED) is 0.507. The van der Waals surface area contributed by atoms with Crippen LogP contribution in [0.1, 0.15) is 32.1 Å². The second-order valence-corrected chi connectivity index (χ2v) is 11.4. The van der Waals surface area contributed by atoms with Crippen molar-refractivity contribution in [3.8, 4) is 0 Å². The molecule has 1 aliphatic rings. The number of hydrogen-bond acceptors (Lipinski definition) is 1. The molecule has 0 spiro atoms. The first-order valence-corrected chi connectivity index (χ1v) is 12.2. The molecular formula is C7H20OSi3. The Morgan fingerprint density at radius 1 is 0.818 bits per heavy atom. The van der Waals surface area contributed by atoms with Gasteiger partial charge in [-0.05, 0) is 6.04 Å². The average Bonchev–Trinajstić information content (AvgIpc) is 2.08. The van der Waals surface area contributed by atoms with Crippen molar-refractivity contribution in [1.82, 2.24) is 0 Å². The molecule has 1 aliphatic heterocycles. The summed E-state index contributed by atoms with van der Waals surface area (Å²) < 4.78 is 5.81. The van der Waals surface area contributed by atoms with Crippen molar-refractivity contribution < 1.29 is 4.12 Å². The van der Waals surface area contributed by atoms with Crippen LogP contribution in [0.25, 0.3) is 0 Å². The van der Waals surface area contributed by atoms with E-state index in [0.717, 1.165) is 0 Å². The molecule has 0 unspecified atom stereocenters. The van der Waals surface area contributed by atoms with Crippen LogP contribution in [-0.4, -0.2) is 28.1 Å². The number of rotatable bonds is 0. The molecule has 0 radical (unpaired) electrons. The molecule has 1 nitrogen and oxygen atoms in total. The summed E-state index contributed by atoms with van der Waals surface area (Å²) in [5.41, 5.74) is 0. The predicted molar refractivity (Wildman–Crippen MR) is 59.4 cm³/mol. The van der Waals surface area contributed by atoms with Crippen LogP contribution in [-0.2, 0) is 4.12 Å². The minimum atomic E-state index is -0.00509. The highest BCUT2D eigenvalue weighted by atomic mass is 29.2. The standard InChI is InChI=1S/C7H20OSi3/c1-2-4-6-9-8-11-10-7-5-3-1/h1-7,9-11H2. The summed E-state index contributed by atoms with van der Waals surface area (Å²) in [6.07, 6.45) is 7.51. The van der Waals surface area contributed by atoms with Crippen LogP contribution in [0.2, 0.25) is 12.1 Å². The summed E-state index contributed by atoms with van der Waals surface area (Å²) in [7, 11) is 0.444. The first kappa shape index (κ1) is 9.70. The van der Waals surface area contributed by atoms with Gasteiger partial charge in [-0.25, -0.2) is 0 Å². The molecule has 0 aromatic rings. The van der Waals surface area contributed by atoms with Crippen molar-refractivity contribution in [2.45, 2.75) is 44.2 Å². The maximum atomic E-state index is 5.81. The Hall–Kier alpha value is 0.611. The van der Waals surface area contributed by atoms with Crippen molar-refractivity contribution in [2.24, 2.45) is 0 Å². The van der Waals surface area contributed by atoms with Crippen LogP contribution < -0.4 is 0 Å². The van der Waals surface area contributed by atoms with E-state index >= 15 is 0 Å². The van der Waals surface area contributed by atoms with Gasteiger partial charge in [-0.15, -0.1) is 0 Å². The largest absolute Gasteiger partial charge is 0.468 e. The third-order valence-electron chi connectivity index (χ3n) is 2.33. The Morgan fingerprint density at radius 2 is 1.55 bits per heavy atom. The molecule has 0 aromatic carbocycles. The second-order valence-electron chi connectivity index (χ2n) is 3.44. The van der Waals surface area contributed by atoms with Gasteiger partial charge in [-0.1, -0.05) is 38.1 Å². The maximum absolute atomic E-state index is 5.81. The van der Waals surface area contributed by atoms with Gasteiger partial charge in [0.1, 0.15) is 19.0 Å². The minimum absolute atomic E-state index is 0.00509. The highest BCUT2D eigenvalue weighted by molar-refractivity contribution is 6.98. The summed E-state index contributed by atoms with van der Waals surface area (Å²) in [5, 5.41) is 0. The molecule has 1 saturated heterocycles. The summed E-state index contributed by atoms with van der Waals surface area (Å²) in [6, 6.07) is 3.07. The first-order valence-electron chi connectivity index (χ1n) is 5.08. The molecule has 0 saturated carbocycles. The van der Waals surface area contributed by atoms with Crippen molar-refractivity contribution in [3.05, 3.63) is 0 Å². The van der Waals surface area contributed by atoms with Gasteiger partial charge >= 0.3 is 0 Å². The third-order valence-corrected chi connectivity index (χ3v) is 11.7. The fourth-order valence-corrected chi connectivity index (χ4v) is 10.8.